The second-order valence-corrected chi connectivity index (χ2v) is 8.11. The number of amides is 2. The first-order valence-electron chi connectivity index (χ1n) is 9.09. The van der Waals surface area contributed by atoms with Gasteiger partial charge >= 0.3 is 5.97 Å². The van der Waals surface area contributed by atoms with E-state index < -0.39 is 23.7 Å². The molecule has 1 aliphatic rings. The molecule has 3 rings (SSSR count). The van der Waals surface area contributed by atoms with Crippen LogP contribution in [0.1, 0.15) is 18.1 Å². The van der Waals surface area contributed by atoms with Crippen LogP contribution in [0.25, 0.3) is 6.08 Å². The minimum absolute atomic E-state index is 0.0921. The minimum Gasteiger partial charge on any atom is -0.490 e. The Morgan fingerprint density at radius 2 is 1.90 bits per heavy atom. The summed E-state index contributed by atoms with van der Waals surface area (Å²) in [6, 6.07) is 10.4. The quantitative estimate of drug-likeness (QED) is 0.524. The predicted octanol–water partition coefficient (Wildman–Crippen LogP) is 5.09. The van der Waals surface area contributed by atoms with Gasteiger partial charge in [0.25, 0.3) is 11.1 Å². The lowest BCUT2D eigenvalue weighted by atomic mass is 10.1. The summed E-state index contributed by atoms with van der Waals surface area (Å²) < 4.78 is 11.5. The number of hydrogen-bond donors (Lipinski definition) is 1. The largest absolute Gasteiger partial charge is 0.490 e. The molecule has 7 nitrogen and oxygen atoms in total. The lowest BCUT2D eigenvalue weighted by molar-refractivity contribution is -0.140. The van der Waals surface area contributed by atoms with Crippen LogP contribution in [0, 0.1) is 0 Å². The Morgan fingerprint density at radius 1 is 1.16 bits per heavy atom. The monoisotopic (exact) mass is 481 g/mol. The van der Waals surface area contributed by atoms with Crippen molar-refractivity contribution in [3.05, 3.63) is 62.5 Å². The molecule has 1 heterocycles. The van der Waals surface area contributed by atoms with E-state index in [2.05, 4.69) is 0 Å². The van der Waals surface area contributed by atoms with E-state index in [1.807, 2.05) is 18.2 Å². The maximum Gasteiger partial charge on any atom is 0.323 e. The van der Waals surface area contributed by atoms with E-state index >= 15 is 0 Å². The van der Waals surface area contributed by atoms with Gasteiger partial charge in [0.15, 0.2) is 11.5 Å². The summed E-state index contributed by atoms with van der Waals surface area (Å²) in [7, 11) is 0. The number of halogens is 2. The van der Waals surface area contributed by atoms with Gasteiger partial charge in [0.2, 0.25) is 0 Å². The van der Waals surface area contributed by atoms with Crippen molar-refractivity contribution in [3.8, 4) is 11.5 Å². The van der Waals surface area contributed by atoms with Gasteiger partial charge in [-0.1, -0.05) is 41.4 Å². The fourth-order valence-electron chi connectivity index (χ4n) is 2.76. The maximum atomic E-state index is 12.4. The number of carbonyl (C=O) groups excluding carboxylic acids is 2. The number of imide groups is 1. The van der Waals surface area contributed by atoms with E-state index in [0.29, 0.717) is 45.4 Å². The van der Waals surface area contributed by atoms with E-state index in [4.69, 9.17) is 37.8 Å². The van der Waals surface area contributed by atoms with E-state index in [0.717, 1.165) is 5.56 Å². The number of benzene rings is 2. The highest BCUT2D eigenvalue weighted by molar-refractivity contribution is 8.18. The number of nitrogens with zero attached hydrogens (tertiary/aromatic N) is 1. The molecular formula is C21H17Cl2NO6S. The van der Waals surface area contributed by atoms with Crippen molar-refractivity contribution >= 4 is 58.2 Å². The average molecular weight is 482 g/mol. The third-order valence-corrected chi connectivity index (χ3v) is 5.68. The lowest BCUT2D eigenvalue weighted by Gasteiger charge is -2.15. The van der Waals surface area contributed by atoms with Crippen molar-refractivity contribution in [3.63, 3.8) is 0 Å². The molecule has 31 heavy (non-hydrogen) atoms. The molecule has 0 saturated carbocycles. The van der Waals surface area contributed by atoms with Gasteiger partial charge in [0.1, 0.15) is 13.2 Å². The van der Waals surface area contributed by atoms with Crippen molar-refractivity contribution in [2.24, 2.45) is 0 Å². The van der Waals surface area contributed by atoms with Crippen LogP contribution in [-0.4, -0.2) is 40.3 Å². The van der Waals surface area contributed by atoms with Crippen LogP contribution in [0.4, 0.5) is 4.79 Å². The molecule has 0 bridgehead atoms. The van der Waals surface area contributed by atoms with Crippen LogP contribution < -0.4 is 9.47 Å². The second kappa shape index (κ2) is 10.1. The molecule has 2 aromatic rings. The molecule has 0 aromatic heterocycles. The molecule has 1 fully saturated rings. The fraction of sp³-hybridized carbons (Fsp3) is 0.190. The Labute approximate surface area is 192 Å². The van der Waals surface area contributed by atoms with Gasteiger partial charge in [-0.3, -0.25) is 19.3 Å². The molecule has 0 unspecified atom stereocenters. The lowest BCUT2D eigenvalue weighted by Crippen LogP contribution is -2.33. The molecule has 10 heteroatoms. The number of hydrogen-bond acceptors (Lipinski definition) is 6. The zero-order valence-corrected chi connectivity index (χ0v) is 18.6. The van der Waals surface area contributed by atoms with Crippen LogP contribution in [0.15, 0.2) is 41.3 Å². The highest BCUT2D eigenvalue weighted by Gasteiger charge is 2.36. The first kappa shape index (κ1) is 23.0. The topological polar surface area (TPSA) is 93.1 Å². The molecule has 1 N–H and O–H groups in total. The van der Waals surface area contributed by atoms with Crippen molar-refractivity contribution in [1.29, 1.82) is 0 Å². The minimum atomic E-state index is -1.27. The standard InChI is InChI=1S/C21H17Cl2NO6S/c1-2-29-16-8-12(9-17-20(27)24(10-18(25)26)21(28)31-17)7-15(23)19(16)30-11-13-5-3-4-6-14(13)22/h3-9H,2,10-11H2,1H3,(H,25,26)/b17-9+. The number of carboxylic acid groups (broad SMARTS) is 1. The molecule has 0 aliphatic carbocycles. The molecule has 1 aliphatic heterocycles. The van der Waals surface area contributed by atoms with Gasteiger partial charge in [0, 0.05) is 10.6 Å². The molecule has 2 aromatic carbocycles. The van der Waals surface area contributed by atoms with Crippen LogP contribution in [0.5, 0.6) is 11.5 Å². The van der Waals surface area contributed by atoms with Crippen molar-refractivity contribution in [1.82, 2.24) is 4.90 Å². The van der Waals surface area contributed by atoms with Crippen LogP contribution >= 0.6 is 35.0 Å². The van der Waals surface area contributed by atoms with Gasteiger partial charge in [-0.25, -0.2) is 0 Å². The summed E-state index contributed by atoms with van der Waals surface area (Å²) in [5.41, 5.74) is 1.28. The second-order valence-electron chi connectivity index (χ2n) is 6.30. The number of carbonyl (C=O) groups is 3. The number of thioether (sulfide) groups is 1. The van der Waals surface area contributed by atoms with Gasteiger partial charge in [-0.15, -0.1) is 0 Å². The first-order chi connectivity index (χ1) is 14.8. The average Bonchev–Trinajstić information content (AvgIpc) is 2.96. The first-order valence-corrected chi connectivity index (χ1v) is 10.7. The van der Waals surface area contributed by atoms with Crippen molar-refractivity contribution in [2.45, 2.75) is 13.5 Å². The van der Waals surface area contributed by atoms with E-state index in [1.54, 1.807) is 25.1 Å². The van der Waals surface area contributed by atoms with E-state index in [-0.39, 0.29) is 16.5 Å². The third kappa shape index (κ3) is 5.52. The molecule has 0 atom stereocenters. The maximum absolute atomic E-state index is 12.4. The van der Waals surface area contributed by atoms with Crippen molar-refractivity contribution in [2.75, 3.05) is 13.2 Å². The van der Waals surface area contributed by atoms with Gasteiger partial charge in [0.05, 0.1) is 16.5 Å². The molecular weight excluding hydrogens is 465 g/mol. The summed E-state index contributed by atoms with van der Waals surface area (Å²) in [6.45, 7) is 1.63. The number of aliphatic carboxylic acids is 1. The van der Waals surface area contributed by atoms with Crippen LogP contribution in [-0.2, 0) is 16.2 Å². The molecule has 0 radical (unpaired) electrons. The summed E-state index contributed by atoms with van der Waals surface area (Å²) in [4.78, 5) is 35.9. The van der Waals surface area contributed by atoms with Crippen LogP contribution in [0.3, 0.4) is 0 Å². The third-order valence-electron chi connectivity index (χ3n) is 4.13. The highest BCUT2D eigenvalue weighted by atomic mass is 35.5. The molecule has 0 spiro atoms. The Morgan fingerprint density at radius 3 is 2.58 bits per heavy atom. The Bertz CT molecular complexity index is 1070. The molecule has 1 saturated heterocycles. The van der Waals surface area contributed by atoms with E-state index in [1.165, 1.54) is 6.08 Å². The SMILES string of the molecule is CCOc1cc(/C=C2/SC(=O)N(CC(=O)O)C2=O)cc(Cl)c1OCc1ccccc1Cl. The smallest absolute Gasteiger partial charge is 0.323 e. The van der Waals surface area contributed by atoms with Gasteiger partial charge < -0.3 is 14.6 Å². The van der Waals surface area contributed by atoms with Gasteiger partial charge in [-0.2, -0.15) is 0 Å². The fourth-order valence-corrected chi connectivity index (χ4v) is 4.06. The summed E-state index contributed by atoms with van der Waals surface area (Å²) in [6.07, 6.45) is 1.46. The Balaban J connectivity index is 1.87. The predicted molar refractivity (Wildman–Crippen MR) is 119 cm³/mol. The van der Waals surface area contributed by atoms with Gasteiger partial charge in [-0.05, 0) is 48.5 Å². The Kier molecular flexibility index (Phi) is 7.48. The molecule has 162 valence electrons. The zero-order chi connectivity index (χ0) is 22.5. The highest BCUT2D eigenvalue weighted by Crippen LogP contribution is 2.39. The summed E-state index contributed by atoms with van der Waals surface area (Å²) in [5, 5.41) is 9.03. The number of ether oxygens (including phenoxy) is 2. The Hall–Kier alpha value is -2.68. The summed E-state index contributed by atoms with van der Waals surface area (Å²) in [5.74, 6) is -1.27. The number of carboxylic acids is 1. The van der Waals surface area contributed by atoms with Crippen LogP contribution in [0.2, 0.25) is 10.0 Å². The molecule has 2 amide bonds. The normalized spacial score (nSPS) is 14.9. The van der Waals surface area contributed by atoms with Crippen molar-refractivity contribution < 1.29 is 29.0 Å². The van der Waals surface area contributed by atoms with E-state index in [9.17, 15) is 14.4 Å². The zero-order valence-electron chi connectivity index (χ0n) is 16.3. The summed E-state index contributed by atoms with van der Waals surface area (Å²) >= 11 is 13.2. The number of rotatable bonds is 8.